The van der Waals surface area contributed by atoms with Gasteiger partial charge in [-0.15, -0.1) is 0 Å². The van der Waals surface area contributed by atoms with Crippen molar-refractivity contribution < 1.29 is 13.9 Å². The number of fused-ring (bicyclic) bond motifs is 2. The van der Waals surface area contributed by atoms with Crippen molar-refractivity contribution in [3.63, 3.8) is 0 Å². The van der Waals surface area contributed by atoms with E-state index >= 15 is 0 Å². The lowest BCUT2D eigenvalue weighted by molar-refractivity contribution is 0.353. The molecule has 1 aliphatic heterocycles. The van der Waals surface area contributed by atoms with E-state index in [0.29, 0.717) is 23.1 Å². The second kappa shape index (κ2) is 6.62. The predicted octanol–water partition coefficient (Wildman–Crippen LogP) is 5.40. The van der Waals surface area contributed by atoms with E-state index in [1.54, 1.807) is 12.1 Å². The molecule has 0 unspecified atom stereocenters. The molecule has 122 valence electrons. The lowest BCUT2D eigenvalue weighted by atomic mass is 10.2. The maximum atomic E-state index is 14.2. The SMILES string of the molecule is CCCN(CCC)c1nc(F)c(Cl)c2c1Oc1ccccc1O2. The van der Waals surface area contributed by atoms with Gasteiger partial charge in [-0.3, -0.25) is 0 Å². The predicted molar refractivity (Wildman–Crippen MR) is 88.6 cm³/mol. The van der Waals surface area contributed by atoms with Crippen molar-refractivity contribution in [2.45, 2.75) is 26.7 Å². The molecule has 0 bridgehead atoms. The first-order valence-corrected chi connectivity index (χ1v) is 8.12. The van der Waals surface area contributed by atoms with Gasteiger partial charge < -0.3 is 14.4 Å². The molecule has 1 aromatic heterocycles. The average molecular weight is 337 g/mol. The molecule has 23 heavy (non-hydrogen) atoms. The topological polar surface area (TPSA) is 34.6 Å². The number of pyridine rings is 1. The number of rotatable bonds is 5. The summed E-state index contributed by atoms with van der Waals surface area (Å²) in [6.07, 6.45) is 1.83. The highest BCUT2D eigenvalue weighted by molar-refractivity contribution is 6.32. The fourth-order valence-electron chi connectivity index (χ4n) is 2.59. The first kappa shape index (κ1) is 15.9. The smallest absolute Gasteiger partial charge is 0.237 e. The van der Waals surface area contributed by atoms with E-state index in [9.17, 15) is 4.39 Å². The Morgan fingerprint density at radius 1 is 1.04 bits per heavy atom. The number of anilines is 1. The van der Waals surface area contributed by atoms with Crippen molar-refractivity contribution in [1.82, 2.24) is 4.98 Å². The molecule has 4 nitrogen and oxygen atoms in total. The first-order valence-electron chi connectivity index (χ1n) is 7.74. The lowest BCUT2D eigenvalue weighted by Crippen LogP contribution is -2.27. The van der Waals surface area contributed by atoms with Gasteiger partial charge >= 0.3 is 0 Å². The molecule has 0 fully saturated rings. The Hall–Kier alpha value is -2.01. The second-order valence-corrected chi connectivity index (χ2v) is 5.71. The van der Waals surface area contributed by atoms with Gasteiger partial charge in [-0.25, -0.2) is 0 Å². The number of hydrogen-bond donors (Lipinski definition) is 0. The number of aromatic nitrogens is 1. The highest BCUT2D eigenvalue weighted by Crippen LogP contribution is 2.52. The van der Waals surface area contributed by atoms with Gasteiger partial charge in [0.25, 0.3) is 0 Å². The van der Waals surface area contributed by atoms with Gasteiger partial charge in [-0.1, -0.05) is 37.6 Å². The van der Waals surface area contributed by atoms with Crippen LogP contribution in [-0.4, -0.2) is 18.1 Å². The van der Waals surface area contributed by atoms with Crippen molar-refractivity contribution in [3.8, 4) is 23.0 Å². The maximum absolute atomic E-state index is 14.2. The number of nitrogens with zero attached hydrogens (tertiary/aromatic N) is 2. The van der Waals surface area contributed by atoms with Crippen molar-refractivity contribution in [3.05, 3.63) is 35.2 Å². The minimum atomic E-state index is -0.749. The number of para-hydroxylation sites is 2. The summed E-state index contributed by atoms with van der Waals surface area (Å²) in [6, 6.07) is 7.22. The zero-order valence-electron chi connectivity index (χ0n) is 13.1. The molecule has 0 aliphatic carbocycles. The number of halogens is 2. The van der Waals surface area contributed by atoms with Gasteiger partial charge in [-0.2, -0.15) is 9.37 Å². The molecule has 1 aliphatic rings. The Bertz CT molecular complexity index is 718. The highest BCUT2D eigenvalue weighted by Gasteiger charge is 2.30. The van der Waals surface area contributed by atoms with E-state index in [-0.39, 0.29) is 10.8 Å². The van der Waals surface area contributed by atoms with Crippen LogP contribution in [0.2, 0.25) is 5.02 Å². The van der Waals surface area contributed by atoms with Crippen LogP contribution in [0, 0.1) is 5.95 Å². The second-order valence-electron chi connectivity index (χ2n) is 5.34. The molecule has 2 aromatic rings. The zero-order valence-corrected chi connectivity index (χ0v) is 13.9. The standard InChI is InChI=1S/C17H18ClFN2O2/c1-3-9-21(10-4-2)17-15-14(13(18)16(19)20-17)22-11-7-5-6-8-12(11)23-15/h5-8H,3-4,9-10H2,1-2H3. The van der Waals surface area contributed by atoms with Crippen molar-refractivity contribution in [1.29, 1.82) is 0 Å². The van der Waals surface area contributed by atoms with Crippen LogP contribution in [0.5, 0.6) is 23.0 Å². The Balaban J connectivity index is 2.11. The summed E-state index contributed by atoms with van der Waals surface area (Å²) >= 11 is 6.05. The summed E-state index contributed by atoms with van der Waals surface area (Å²) in [6.45, 7) is 5.63. The summed E-state index contributed by atoms with van der Waals surface area (Å²) in [5, 5.41) is -0.161. The molecule has 0 N–H and O–H groups in total. The van der Waals surface area contributed by atoms with Crippen LogP contribution in [0.4, 0.5) is 10.2 Å². The number of hydrogen-bond acceptors (Lipinski definition) is 4. The monoisotopic (exact) mass is 336 g/mol. The zero-order chi connectivity index (χ0) is 16.4. The fraction of sp³-hybridized carbons (Fsp3) is 0.353. The van der Waals surface area contributed by atoms with Crippen LogP contribution in [0.3, 0.4) is 0 Å². The molecule has 0 spiro atoms. The molecular weight excluding hydrogens is 319 g/mol. The van der Waals surface area contributed by atoms with Crippen LogP contribution in [0.15, 0.2) is 24.3 Å². The van der Waals surface area contributed by atoms with E-state index in [1.165, 1.54) is 0 Å². The summed E-state index contributed by atoms with van der Waals surface area (Å²) < 4.78 is 25.9. The maximum Gasteiger partial charge on any atom is 0.237 e. The molecule has 0 atom stereocenters. The van der Waals surface area contributed by atoms with Crippen LogP contribution in [0.1, 0.15) is 26.7 Å². The summed E-state index contributed by atoms with van der Waals surface area (Å²) in [4.78, 5) is 6.01. The minimum Gasteiger partial charge on any atom is -0.448 e. The van der Waals surface area contributed by atoms with Crippen LogP contribution in [-0.2, 0) is 0 Å². The molecule has 6 heteroatoms. The molecule has 1 aromatic carbocycles. The van der Waals surface area contributed by atoms with Crippen LogP contribution in [0.25, 0.3) is 0 Å². The van der Waals surface area contributed by atoms with E-state index in [2.05, 4.69) is 18.8 Å². The molecule has 0 radical (unpaired) electrons. The molecule has 3 rings (SSSR count). The first-order chi connectivity index (χ1) is 11.2. The largest absolute Gasteiger partial charge is 0.448 e. The third-order valence-corrected chi connectivity index (χ3v) is 3.88. The Labute approximate surface area is 139 Å². The molecule has 0 saturated carbocycles. The van der Waals surface area contributed by atoms with Crippen molar-refractivity contribution >= 4 is 17.4 Å². The fourth-order valence-corrected chi connectivity index (χ4v) is 2.75. The number of benzene rings is 1. The van der Waals surface area contributed by atoms with E-state index in [1.807, 2.05) is 17.0 Å². The van der Waals surface area contributed by atoms with E-state index in [4.69, 9.17) is 21.1 Å². The Morgan fingerprint density at radius 2 is 1.61 bits per heavy atom. The van der Waals surface area contributed by atoms with E-state index in [0.717, 1.165) is 25.9 Å². The summed E-state index contributed by atoms with van der Waals surface area (Å²) in [7, 11) is 0. The van der Waals surface area contributed by atoms with Crippen LogP contribution < -0.4 is 14.4 Å². The third kappa shape index (κ3) is 2.93. The van der Waals surface area contributed by atoms with Crippen molar-refractivity contribution in [2.75, 3.05) is 18.0 Å². The van der Waals surface area contributed by atoms with E-state index < -0.39 is 5.95 Å². The van der Waals surface area contributed by atoms with Gasteiger partial charge in [0.05, 0.1) is 0 Å². The Morgan fingerprint density at radius 3 is 2.17 bits per heavy atom. The number of ether oxygens (including phenoxy) is 2. The summed E-state index contributed by atoms with van der Waals surface area (Å²) in [5.74, 6) is 1.32. The lowest BCUT2D eigenvalue weighted by Gasteiger charge is -2.28. The normalized spacial score (nSPS) is 12.0. The average Bonchev–Trinajstić information content (AvgIpc) is 2.56. The molecule has 0 saturated heterocycles. The highest BCUT2D eigenvalue weighted by atomic mass is 35.5. The van der Waals surface area contributed by atoms with Gasteiger partial charge in [-0.05, 0) is 25.0 Å². The minimum absolute atomic E-state index is 0.161. The quantitative estimate of drug-likeness (QED) is 0.584. The van der Waals surface area contributed by atoms with Crippen LogP contribution >= 0.6 is 11.6 Å². The van der Waals surface area contributed by atoms with Gasteiger partial charge in [0.2, 0.25) is 11.7 Å². The van der Waals surface area contributed by atoms with Gasteiger partial charge in [0.1, 0.15) is 5.02 Å². The Kier molecular flexibility index (Phi) is 4.57. The molecule has 0 amide bonds. The molecular formula is C17H18ClFN2O2. The summed E-state index contributed by atoms with van der Waals surface area (Å²) in [5.41, 5.74) is 0. The van der Waals surface area contributed by atoms with Gasteiger partial charge in [0.15, 0.2) is 23.1 Å². The third-order valence-electron chi connectivity index (χ3n) is 3.55. The molecule has 2 heterocycles. The van der Waals surface area contributed by atoms with Gasteiger partial charge in [0, 0.05) is 13.1 Å². The van der Waals surface area contributed by atoms with Crippen molar-refractivity contribution in [2.24, 2.45) is 0 Å².